The van der Waals surface area contributed by atoms with Crippen molar-refractivity contribution >= 4 is 22.4 Å². The number of aliphatic hydroxyl groups is 1. The number of unbranched alkanes of at least 4 members (excludes halogenated alkanes) is 1. The van der Waals surface area contributed by atoms with E-state index >= 15 is 0 Å². The van der Waals surface area contributed by atoms with E-state index in [1.807, 2.05) is 6.08 Å². The predicted molar refractivity (Wildman–Crippen MR) is 217 cm³/mol. The van der Waals surface area contributed by atoms with Crippen molar-refractivity contribution in [1.29, 1.82) is 0 Å². The molecule has 0 radical (unpaired) electrons. The molecular weight excluding hydrogens is 649 g/mol. The lowest BCUT2D eigenvalue weighted by atomic mass is 9.61. The molecule has 0 aliphatic heterocycles. The van der Waals surface area contributed by atoms with Crippen LogP contribution in [0.1, 0.15) is 139 Å². The molecule has 284 valence electrons. The van der Waals surface area contributed by atoms with Gasteiger partial charge in [-0.3, -0.25) is 4.79 Å². The van der Waals surface area contributed by atoms with Gasteiger partial charge in [-0.1, -0.05) is 105 Å². The van der Waals surface area contributed by atoms with Gasteiger partial charge in [0.1, 0.15) is 5.78 Å². The standard InChI is InChI=1S/C44H76O4Si2/c1-15-16-19-39(45)44(27-28-44)40(46)25-20-31(2)36-23-24-37-33(18-17-26-43(36,37)10)21-22-34-29-35(47-49(11,12)41(4,5)6)30-38(32(34)3)48-50(13,14)42(7,8)9/h20-22,25,31,35-38,40,46H,3,15-19,23-24,26-30H2,1-2,4-14H3/b25-20+,33-21+,34-22-/t31-,35-,36-,37+,38+,40-,43-/m1/s1. The van der Waals surface area contributed by atoms with E-state index in [4.69, 9.17) is 15.4 Å². The Labute approximate surface area is 310 Å². The van der Waals surface area contributed by atoms with Crippen molar-refractivity contribution in [3.63, 3.8) is 0 Å². The average molecular weight is 725 g/mol. The maximum atomic E-state index is 12.9. The molecule has 7 atom stereocenters. The van der Waals surface area contributed by atoms with Crippen molar-refractivity contribution in [1.82, 2.24) is 0 Å². The van der Waals surface area contributed by atoms with Gasteiger partial charge < -0.3 is 14.0 Å². The summed E-state index contributed by atoms with van der Waals surface area (Å²) < 4.78 is 14.2. The number of allylic oxidation sites excluding steroid dienone is 4. The van der Waals surface area contributed by atoms with E-state index < -0.39 is 28.2 Å². The SMILES string of the molecule is C=C1/C(=C\C=C2/CCC[C@]3(C)[C@@H]([C@H](C)/C=C/[C@@H](O)C4(C(=O)CCCC)CC4)CC[C@@H]23)C[C@@H](O[Si](C)(C)C(C)(C)C)C[C@@H]1O[Si](C)(C)C(C)(C)C. The van der Waals surface area contributed by atoms with Crippen LogP contribution in [0, 0.1) is 28.6 Å². The first kappa shape index (κ1) is 41.7. The van der Waals surface area contributed by atoms with E-state index in [1.165, 1.54) is 37.7 Å². The Balaban J connectivity index is 1.54. The number of carbonyl (C=O) groups is 1. The molecule has 6 heteroatoms. The van der Waals surface area contributed by atoms with Crippen LogP contribution in [0.3, 0.4) is 0 Å². The minimum absolute atomic E-state index is 0.00348. The van der Waals surface area contributed by atoms with Crippen molar-refractivity contribution in [3.8, 4) is 0 Å². The number of rotatable bonds is 13. The van der Waals surface area contributed by atoms with E-state index in [9.17, 15) is 9.90 Å². The number of ketones is 1. The monoisotopic (exact) mass is 725 g/mol. The van der Waals surface area contributed by atoms with Crippen molar-refractivity contribution in [3.05, 3.63) is 47.6 Å². The van der Waals surface area contributed by atoms with E-state index in [1.54, 1.807) is 5.57 Å². The number of hydrogen-bond acceptors (Lipinski definition) is 4. The molecule has 4 rings (SSSR count). The molecule has 1 N–H and O–H groups in total. The normalized spacial score (nSPS) is 32.1. The lowest BCUT2D eigenvalue weighted by Crippen LogP contribution is -2.49. The van der Waals surface area contributed by atoms with Gasteiger partial charge in [0.25, 0.3) is 0 Å². The third-order valence-electron chi connectivity index (χ3n) is 14.7. The molecule has 0 spiro atoms. The number of Topliss-reactive ketones (excluding diaryl/α,β-unsaturated/α-hetero) is 1. The van der Waals surface area contributed by atoms with Crippen molar-refractivity contribution < 1.29 is 18.8 Å². The van der Waals surface area contributed by atoms with Gasteiger partial charge in [-0.05, 0) is 128 Å². The van der Waals surface area contributed by atoms with Crippen LogP contribution in [0.5, 0.6) is 0 Å². The van der Waals surface area contributed by atoms with Gasteiger partial charge in [0.2, 0.25) is 0 Å². The number of aliphatic hydroxyl groups excluding tert-OH is 1. The Kier molecular flexibility index (Phi) is 12.8. The van der Waals surface area contributed by atoms with Crippen LogP contribution >= 0.6 is 0 Å². The fourth-order valence-electron chi connectivity index (χ4n) is 8.97. The molecular formula is C44H76O4Si2. The molecule has 0 aromatic heterocycles. The molecule has 0 unspecified atom stereocenters. The van der Waals surface area contributed by atoms with Gasteiger partial charge in [0.15, 0.2) is 16.6 Å². The van der Waals surface area contributed by atoms with Crippen LogP contribution in [0.25, 0.3) is 0 Å². The molecule has 4 aliphatic rings. The van der Waals surface area contributed by atoms with Crippen LogP contribution in [-0.2, 0) is 13.6 Å². The zero-order valence-electron chi connectivity index (χ0n) is 34.6. The quantitative estimate of drug-likeness (QED) is 0.152. The van der Waals surface area contributed by atoms with Gasteiger partial charge in [0.05, 0.1) is 23.7 Å². The summed E-state index contributed by atoms with van der Waals surface area (Å²) >= 11 is 0. The first-order valence-electron chi connectivity index (χ1n) is 20.3. The van der Waals surface area contributed by atoms with Crippen LogP contribution < -0.4 is 0 Å². The molecule has 0 amide bonds. The molecule has 4 saturated carbocycles. The van der Waals surface area contributed by atoms with Crippen molar-refractivity contribution in [2.45, 2.75) is 194 Å². The summed E-state index contributed by atoms with van der Waals surface area (Å²) in [4.78, 5) is 12.9. The Hall–Kier alpha value is -1.06. The van der Waals surface area contributed by atoms with Gasteiger partial charge in [-0.25, -0.2) is 0 Å². The fraction of sp³-hybridized carbons (Fsp3) is 0.795. The minimum atomic E-state index is -2.01. The Morgan fingerprint density at radius 3 is 2.18 bits per heavy atom. The van der Waals surface area contributed by atoms with E-state index in [-0.39, 0.29) is 33.5 Å². The lowest BCUT2D eigenvalue weighted by Gasteiger charge is -2.45. The minimum Gasteiger partial charge on any atom is -0.413 e. The summed E-state index contributed by atoms with van der Waals surface area (Å²) in [7, 11) is -3.97. The van der Waals surface area contributed by atoms with Gasteiger partial charge >= 0.3 is 0 Å². The second-order valence-corrected chi connectivity index (χ2v) is 29.7. The molecule has 0 aromatic carbocycles. The van der Waals surface area contributed by atoms with Gasteiger partial charge in [0, 0.05) is 12.8 Å². The second-order valence-electron chi connectivity index (χ2n) is 20.2. The third kappa shape index (κ3) is 8.83. The van der Waals surface area contributed by atoms with Crippen LogP contribution in [0.2, 0.25) is 36.3 Å². The fourth-order valence-corrected chi connectivity index (χ4v) is 11.6. The molecule has 4 fully saturated rings. The third-order valence-corrected chi connectivity index (χ3v) is 23.7. The molecule has 50 heavy (non-hydrogen) atoms. The van der Waals surface area contributed by atoms with E-state index in [2.05, 4.69) is 107 Å². The molecule has 4 aliphatic carbocycles. The zero-order chi connectivity index (χ0) is 37.5. The highest BCUT2D eigenvalue weighted by molar-refractivity contribution is 6.74. The highest BCUT2D eigenvalue weighted by atomic mass is 28.4. The largest absolute Gasteiger partial charge is 0.413 e. The maximum absolute atomic E-state index is 12.9. The Bertz CT molecular complexity index is 1320. The van der Waals surface area contributed by atoms with Gasteiger partial charge in [-0.2, -0.15) is 0 Å². The first-order valence-corrected chi connectivity index (χ1v) is 26.1. The van der Waals surface area contributed by atoms with Crippen LogP contribution in [0.4, 0.5) is 0 Å². The zero-order valence-corrected chi connectivity index (χ0v) is 36.6. The lowest BCUT2D eigenvalue weighted by molar-refractivity contribution is -0.127. The highest BCUT2D eigenvalue weighted by Gasteiger charge is 2.54. The van der Waals surface area contributed by atoms with E-state index in [0.717, 1.165) is 44.1 Å². The molecule has 0 aromatic rings. The summed E-state index contributed by atoms with van der Waals surface area (Å²) in [5.74, 6) is 1.80. The maximum Gasteiger partial charge on any atom is 0.192 e. The topological polar surface area (TPSA) is 55.8 Å². The van der Waals surface area contributed by atoms with Crippen molar-refractivity contribution in [2.24, 2.45) is 28.6 Å². The summed E-state index contributed by atoms with van der Waals surface area (Å²) in [6, 6.07) is 0. The Morgan fingerprint density at radius 1 is 0.980 bits per heavy atom. The summed E-state index contributed by atoms with van der Waals surface area (Å²) in [6.45, 7) is 35.1. The van der Waals surface area contributed by atoms with Crippen molar-refractivity contribution in [2.75, 3.05) is 0 Å². The number of fused-ring (bicyclic) bond motifs is 1. The van der Waals surface area contributed by atoms with Crippen LogP contribution in [-0.4, -0.2) is 45.8 Å². The molecule has 0 heterocycles. The summed E-state index contributed by atoms with van der Waals surface area (Å²) in [6.07, 6.45) is 20.7. The smallest absolute Gasteiger partial charge is 0.192 e. The predicted octanol–water partition coefficient (Wildman–Crippen LogP) is 12.3. The summed E-state index contributed by atoms with van der Waals surface area (Å²) in [5.41, 5.74) is 3.81. The van der Waals surface area contributed by atoms with Gasteiger partial charge in [-0.15, -0.1) is 0 Å². The first-order chi connectivity index (χ1) is 23.0. The highest BCUT2D eigenvalue weighted by Crippen LogP contribution is 2.60. The number of carbonyl (C=O) groups excluding carboxylic acids is 1. The van der Waals surface area contributed by atoms with E-state index in [0.29, 0.717) is 24.2 Å². The van der Waals surface area contributed by atoms with Crippen LogP contribution in [0.15, 0.2) is 47.6 Å². The molecule has 4 nitrogen and oxygen atoms in total. The average Bonchev–Trinajstić information content (AvgIpc) is 3.74. The molecule has 0 bridgehead atoms. The summed E-state index contributed by atoms with van der Waals surface area (Å²) in [5, 5.41) is 11.4. The number of hydrogen-bond donors (Lipinski definition) is 1. The molecule has 0 saturated heterocycles. The Morgan fingerprint density at radius 2 is 1.60 bits per heavy atom. The second kappa shape index (κ2) is 15.4.